The monoisotopic (exact) mass is 224 g/mol. The summed E-state index contributed by atoms with van der Waals surface area (Å²) >= 11 is 0. The van der Waals surface area contributed by atoms with Crippen LogP contribution >= 0.6 is 0 Å². The molecule has 2 saturated heterocycles. The van der Waals surface area contributed by atoms with Gasteiger partial charge >= 0.3 is 0 Å². The zero-order valence-corrected chi connectivity index (χ0v) is 11.2. The van der Waals surface area contributed by atoms with Crippen LogP contribution in [0.5, 0.6) is 0 Å². The topological polar surface area (TPSA) is 9.23 Å². The molecular formula is C15H28O. The number of unbranched alkanes of at least 4 members (excludes halogenated alkanes) is 2. The molecule has 0 spiro atoms. The van der Waals surface area contributed by atoms with Crippen molar-refractivity contribution in [3.63, 3.8) is 0 Å². The second-order valence-electron chi connectivity index (χ2n) is 6.18. The van der Waals surface area contributed by atoms with Gasteiger partial charge < -0.3 is 4.74 Å². The lowest BCUT2D eigenvalue weighted by atomic mass is 9.63. The van der Waals surface area contributed by atoms with Gasteiger partial charge in [-0.25, -0.2) is 0 Å². The van der Waals surface area contributed by atoms with Gasteiger partial charge in [0.05, 0.1) is 12.2 Å². The Morgan fingerprint density at radius 3 is 2.00 bits per heavy atom. The van der Waals surface area contributed by atoms with Crippen LogP contribution < -0.4 is 0 Å². The fraction of sp³-hybridized carbons (Fsp3) is 1.00. The Balaban J connectivity index is 1.87. The SMILES string of the molecule is CCCCC12CCC(CCCC)(CC1)OC2. The predicted octanol–water partition coefficient (Wildman–Crippen LogP) is 4.70. The molecule has 1 aliphatic carbocycles. The van der Waals surface area contributed by atoms with Crippen molar-refractivity contribution < 1.29 is 4.74 Å². The van der Waals surface area contributed by atoms with Gasteiger partial charge in [0.1, 0.15) is 0 Å². The molecule has 2 heterocycles. The molecule has 0 aromatic heterocycles. The molecule has 16 heavy (non-hydrogen) atoms. The maximum absolute atomic E-state index is 6.27. The van der Waals surface area contributed by atoms with Gasteiger partial charge in [-0.15, -0.1) is 0 Å². The molecule has 0 unspecified atom stereocenters. The van der Waals surface area contributed by atoms with Crippen LogP contribution in [0.3, 0.4) is 0 Å². The van der Waals surface area contributed by atoms with E-state index in [4.69, 9.17) is 4.74 Å². The van der Waals surface area contributed by atoms with E-state index in [1.807, 2.05) is 0 Å². The third-order valence-corrected chi connectivity index (χ3v) is 4.95. The van der Waals surface area contributed by atoms with Crippen LogP contribution in [-0.2, 0) is 4.74 Å². The predicted molar refractivity (Wildman–Crippen MR) is 68.6 cm³/mol. The summed E-state index contributed by atoms with van der Waals surface area (Å²) in [6, 6.07) is 0. The van der Waals surface area contributed by atoms with Gasteiger partial charge in [-0.05, 0) is 43.9 Å². The summed E-state index contributed by atoms with van der Waals surface area (Å²) < 4.78 is 6.27. The fourth-order valence-corrected chi connectivity index (χ4v) is 3.53. The first kappa shape index (κ1) is 12.4. The lowest BCUT2D eigenvalue weighted by Gasteiger charge is -2.53. The summed E-state index contributed by atoms with van der Waals surface area (Å²) in [6.45, 7) is 5.65. The highest BCUT2D eigenvalue weighted by molar-refractivity contribution is 4.99. The first-order valence-electron chi connectivity index (χ1n) is 7.38. The minimum absolute atomic E-state index is 0.309. The van der Waals surface area contributed by atoms with E-state index in [-0.39, 0.29) is 0 Å². The Morgan fingerprint density at radius 1 is 0.875 bits per heavy atom. The Hall–Kier alpha value is -0.0400. The standard InChI is InChI=1S/C15H28O/c1-3-5-7-14-9-11-15(12-10-14,16-13-14)8-6-4-2/h3-13H2,1-2H3. The van der Waals surface area contributed by atoms with Gasteiger partial charge in [0, 0.05) is 0 Å². The highest BCUT2D eigenvalue weighted by Gasteiger charge is 2.48. The molecule has 1 nitrogen and oxygen atoms in total. The van der Waals surface area contributed by atoms with Crippen molar-refractivity contribution in [1.82, 2.24) is 0 Å². The van der Waals surface area contributed by atoms with E-state index in [1.165, 1.54) is 64.2 Å². The van der Waals surface area contributed by atoms with Crippen LogP contribution in [0.1, 0.15) is 78.1 Å². The summed E-state index contributed by atoms with van der Waals surface area (Å²) in [5, 5.41) is 0. The largest absolute Gasteiger partial charge is 0.374 e. The van der Waals surface area contributed by atoms with E-state index in [9.17, 15) is 0 Å². The molecule has 1 heteroatoms. The van der Waals surface area contributed by atoms with Crippen LogP contribution in [0, 0.1) is 5.41 Å². The van der Waals surface area contributed by atoms with Crippen LogP contribution in [0.2, 0.25) is 0 Å². The van der Waals surface area contributed by atoms with Crippen molar-refractivity contribution in [2.45, 2.75) is 83.7 Å². The number of hydrogen-bond donors (Lipinski definition) is 0. The molecule has 0 aromatic rings. The van der Waals surface area contributed by atoms with E-state index < -0.39 is 0 Å². The van der Waals surface area contributed by atoms with Crippen molar-refractivity contribution in [3.8, 4) is 0 Å². The molecule has 0 amide bonds. The van der Waals surface area contributed by atoms with Crippen molar-refractivity contribution >= 4 is 0 Å². The van der Waals surface area contributed by atoms with E-state index in [0.29, 0.717) is 11.0 Å². The zero-order valence-electron chi connectivity index (χ0n) is 11.2. The van der Waals surface area contributed by atoms with Crippen molar-refractivity contribution in [1.29, 1.82) is 0 Å². The van der Waals surface area contributed by atoms with Gasteiger partial charge in [-0.3, -0.25) is 0 Å². The van der Waals surface area contributed by atoms with E-state index >= 15 is 0 Å². The molecule has 0 radical (unpaired) electrons. The highest BCUT2D eigenvalue weighted by Crippen LogP contribution is 2.52. The third-order valence-electron chi connectivity index (χ3n) is 4.95. The summed E-state index contributed by atoms with van der Waals surface area (Å²) in [7, 11) is 0. The van der Waals surface area contributed by atoms with Gasteiger partial charge in [-0.2, -0.15) is 0 Å². The maximum atomic E-state index is 6.27. The van der Waals surface area contributed by atoms with Crippen molar-refractivity contribution in [2.24, 2.45) is 5.41 Å². The van der Waals surface area contributed by atoms with Crippen molar-refractivity contribution in [2.75, 3.05) is 6.61 Å². The molecule has 0 N–H and O–H groups in total. The number of fused-ring (bicyclic) bond motifs is 3. The molecule has 2 aliphatic heterocycles. The van der Waals surface area contributed by atoms with Gasteiger partial charge in [0.25, 0.3) is 0 Å². The molecule has 2 bridgehead atoms. The maximum Gasteiger partial charge on any atom is 0.0683 e. The summed E-state index contributed by atoms with van der Waals surface area (Å²) in [5.74, 6) is 0. The minimum atomic E-state index is 0.309. The normalized spacial score (nSPS) is 37.9. The van der Waals surface area contributed by atoms with Crippen LogP contribution in [-0.4, -0.2) is 12.2 Å². The molecule has 3 aliphatic rings. The summed E-state index contributed by atoms with van der Waals surface area (Å²) in [6.07, 6.45) is 13.7. The summed E-state index contributed by atoms with van der Waals surface area (Å²) in [4.78, 5) is 0. The van der Waals surface area contributed by atoms with E-state index in [0.717, 1.165) is 6.61 Å². The Bertz CT molecular complexity index is 173. The summed E-state index contributed by atoms with van der Waals surface area (Å²) in [5.41, 5.74) is 0.897. The lowest BCUT2D eigenvalue weighted by Crippen LogP contribution is -2.51. The molecule has 0 aromatic carbocycles. The lowest BCUT2D eigenvalue weighted by molar-refractivity contribution is -0.189. The van der Waals surface area contributed by atoms with Crippen LogP contribution in [0.15, 0.2) is 0 Å². The minimum Gasteiger partial charge on any atom is -0.374 e. The van der Waals surface area contributed by atoms with Crippen molar-refractivity contribution in [3.05, 3.63) is 0 Å². The van der Waals surface area contributed by atoms with Gasteiger partial charge in [0.15, 0.2) is 0 Å². The highest BCUT2D eigenvalue weighted by atomic mass is 16.5. The Kier molecular flexibility index (Phi) is 3.94. The van der Waals surface area contributed by atoms with E-state index in [2.05, 4.69) is 13.8 Å². The first-order valence-corrected chi connectivity index (χ1v) is 7.38. The van der Waals surface area contributed by atoms with Gasteiger partial charge in [-0.1, -0.05) is 39.5 Å². The molecule has 3 rings (SSSR count). The third kappa shape index (κ3) is 2.45. The van der Waals surface area contributed by atoms with Crippen LogP contribution in [0.4, 0.5) is 0 Å². The van der Waals surface area contributed by atoms with Crippen LogP contribution in [0.25, 0.3) is 0 Å². The molecule has 0 atom stereocenters. The Labute approximate surface area is 101 Å². The Morgan fingerprint density at radius 2 is 1.50 bits per heavy atom. The molecule has 3 fully saturated rings. The number of ether oxygens (including phenoxy) is 1. The number of rotatable bonds is 6. The van der Waals surface area contributed by atoms with Gasteiger partial charge in [0.2, 0.25) is 0 Å². The zero-order chi connectivity index (χ0) is 11.5. The van der Waals surface area contributed by atoms with E-state index in [1.54, 1.807) is 0 Å². The second-order valence-corrected chi connectivity index (χ2v) is 6.18. The average molecular weight is 224 g/mol. The molecule has 94 valence electrons. The smallest absolute Gasteiger partial charge is 0.0683 e. The number of hydrogen-bond acceptors (Lipinski definition) is 1. The first-order chi connectivity index (χ1) is 7.74. The molecular weight excluding hydrogens is 196 g/mol. The molecule has 1 saturated carbocycles. The fourth-order valence-electron chi connectivity index (χ4n) is 3.53. The average Bonchev–Trinajstić information content (AvgIpc) is 2.37. The quantitative estimate of drug-likeness (QED) is 0.635. The second kappa shape index (κ2) is 5.08.